The quantitative estimate of drug-likeness (QED) is 0.633. The van der Waals surface area contributed by atoms with Crippen LogP contribution in [0.4, 0.5) is 5.69 Å². The van der Waals surface area contributed by atoms with Gasteiger partial charge in [-0.1, -0.05) is 24.3 Å². The molecule has 7 heteroatoms. The molecule has 0 saturated heterocycles. The van der Waals surface area contributed by atoms with E-state index in [9.17, 15) is 19.7 Å². The summed E-state index contributed by atoms with van der Waals surface area (Å²) >= 11 is 0. The van der Waals surface area contributed by atoms with Crippen molar-refractivity contribution in [1.82, 2.24) is 5.32 Å². The van der Waals surface area contributed by atoms with Crippen LogP contribution < -0.4 is 10.1 Å². The van der Waals surface area contributed by atoms with Crippen molar-refractivity contribution in [3.8, 4) is 5.75 Å². The molecule has 0 spiro atoms. The van der Waals surface area contributed by atoms with Gasteiger partial charge in [-0.2, -0.15) is 0 Å². The first-order chi connectivity index (χ1) is 14.0. The van der Waals surface area contributed by atoms with E-state index in [1.165, 1.54) is 12.1 Å². The summed E-state index contributed by atoms with van der Waals surface area (Å²) in [6, 6.07) is 13.8. The van der Waals surface area contributed by atoms with Crippen LogP contribution in [0.3, 0.4) is 0 Å². The highest BCUT2D eigenvalue weighted by atomic mass is 16.6. The Labute approximate surface area is 167 Å². The molecule has 0 saturated carbocycles. The van der Waals surface area contributed by atoms with Crippen molar-refractivity contribution in [2.75, 3.05) is 7.11 Å². The predicted octanol–water partition coefficient (Wildman–Crippen LogP) is 3.61. The molecule has 148 valence electrons. The summed E-state index contributed by atoms with van der Waals surface area (Å²) in [7, 11) is 1.60. The summed E-state index contributed by atoms with van der Waals surface area (Å²) in [5.41, 5.74) is 2.80. The first-order valence-corrected chi connectivity index (χ1v) is 9.40. The van der Waals surface area contributed by atoms with Gasteiger partial charge in [-0.3, -0.25) is 19.7 Å². The van der Waals surface area contributed by atoms with Gasteiger partial charge in [0.15, 0.2) is 5.78 Å². The monoisotopic (exact) mass is 392 g/mol. The van der Waals surface area contributed by atoms with Crippen molar-refractivity contribution in [3.05, 3.63) is 81.0 Å². The lowest BCUT2D eigenvalue weighted by Crippen LogP contribution is -2.38. The molecule has 1 N–H and O–H groups in total. The number of rotatable bonds is 4. The van der Waals surface area contributed by atoms with Gasteiger partial charge in [0.1, 0.15) is 5.75 Å². The van der Waals surface area contributed by atoms with E-state index in [1.807, 2.05) is 24.3 Å². The van der Waals surface area contributed by atoms with Crippen LogP contribution in [-0.2, 0) is 9.59 Å². The Morgan fingerprint density at radius 3 is 2.48 bits per heavy atom. The molecular weight excluding hydrogens is 372 g/mol. The fourth-order valence-electron chi connectivity index (χ4n) is 4.21. The second-order valence-corrected chi connectivity index (χ2v) is 7.35. The van der Waals surface area contributed by atoms with Gasteiger partial charge in [-0.25, -0.2) is 0 Å². The summed E-state index contributed by atoms with van der Waals surface area (Å²) < 4.78 is 5.19. The number of amides is 1. The highest BCUT2D eigenvalue weighted by Crippen LogP contribution is 2.43. The number of Topliss-reactive ketones (excluding diaryl/α,β-unsaturated/α-hetero) is 1. The van der Waals surface area contributed by atoms with Crippen molar-refractivity contribution in [3.63, 3.8) is 0 Å². The maximum atomic E-state index is 13.1. The third-order valence-corrected chi connectivity index (χ3v) is 5.61. The number of nitro benzene ring substituents is 1. The number of carbonyl (C=O) groups excluding carboxylic acids is 2. The lowest BCUT2D eigenvalue weighted by atomic mass is 9.73. The zero-order valence-electron chi connectivity index (χ0n) is 15.9. The molecule has 29 heavy (non-hydrogen) atoms. The molecule has 2 aromatic rings. The van der Waals surface area contributed by atoms with E-state index < -0.39 is 10.8 Å². The smallest absolute Gasteiger partial charge is 0.269 e. The standard InChI is InChI=1S/C22H20N2O5/c1-29-17-7-5-13(6-8-17)15-10-19-22(20(25)11-15)18(12-21(26)23-19)14-3-2-4-16(9-14)24(27)28/h2-9,15,18H,10-12H2,1H3,(H,23,26). The maximum absolute atomic E-state index is 13.1. The van der Waals surface area contributed by atoms with Crippen LogP contribution in [0.5, 0.6) is 5.75 Å². The number of ketones is 1. The number of hydrogen-bond donors (Lipinski definition) is 1. The maximum Gasteiger partial charge on any atom is 0.269 e. The number of methoxy groups -OCH3 is 1. The molecule has 1 aliphatic heterocycles. The van der Waals surface area contributed by atoms with Crippen LogP contribution in [0.25, 0.3) is 0 Å². The number of non-ortho nitro benzene ring substituents is 1. The van der Waals surface area contributed by atoms with Gasteiger partial charge in [-0.05, 0) is 35.6 Å². The number of hydrogen-bond acceptors (Lipinski definition) is 5. The highest BCUT2D eigenvalue weighted by Gasteiger charge is 2.38. The molecule has 2 unspecified atom stereocenters. The van der Waals surface area contributed by atoms with Crippen LogP contribution in [0, 0.1) is 10.1 Å². The fraction of sp³-hybridized carbons (Fsp3) is 0.273. The summed E-state index contributed by atoms with van der Waals surface area (Å²) in [4.78, 5) is 36.1. The fourth-order valence-corrected chi connectivity index (χ4v) is 4.21. The molecule has 0 radical (unpaired) electrons. The van der Waals surface area contributed by atoms with Gasteiger partial charge >= 0.3 is 0 Å². The number of ether oxygens (including phenoxy) is 1. The van der Waals surface area contributed by atoms with Crippen LogP contribution >= 0.6 is 0 Å². The Bertz CT molecular complexity index is 1030. The number of nitro groups is 1. The molecule has 2 aliphatic rings. The van der Waals surface area contributed by atoms with Crippen molar-refractivity contribution in [1.29, 1.82) is 0 Å². The Hall–Kier alpha value is -3.48. The molecule has 0 aromatic heterocycles. The average molecular weight is 392 g/mol. The van der Waals surface area contributed by atoms with Gasteiger partial charge in [0.2, 0.25) is 5.91 Å². The molecule has 0 bridgehead atoms. The molecule has 2 atom stereocenters. The van der Waals surface area contributed by atoms with Crippen molar-refractivity contribution >= 4 is 17.4 Å². The molecule has 4 rings (SSSR count). The third-order valence-electron chi connectivity index (χ3n) is 5.61. The van der Waals surface area contributed by atoms with Crippen LogP contribution in [-0.4, -0.2) is 23.7 Å². The van der Waals surface area contributed by atoms with Gasteiger partial charge in [-0.15, -0.1) is 0 Å². The van der Waals surface area contributed by atoms with Crippen LogP contribution in [0.15, 0.2) is 59.8 Å². The summed E-state index contributed by atoms with van der Waals surface area (Å²) in [5, 5.41) is 14.0. The summed E-state index contributed by atoms with van der Waals surface area (Å²) in [5.74, 6) is 0.0544. The average Bonchev–Trinajstić information content (AvgIpc) is 2.73. The lowest BCUT2D eigenvalue weighted by Gasteiger charge is -2.34. The molecule has 1 heterocycles. The summed E-state index contributed by atoms with van der Waals surface area (Å²) in [6.45, 7) is 0. The number of allylic oxidation sites excluding steroid dienone is 2. The van der Waals surface area contributed by atoms with E-state index in [4.69, 9.17) is 4.74 Å². The minimum absolute atomic E-state index is 0.0245. The van der Waals surface area contributed by atoms with E-state index in [2.05, 4.69) is 5.32 Å². The SMILES string of the molecule is COc1ccc(C2CC(=O)C3=C(C2)NC(=O)CC3c2cccc([N+](=O)[O-])c2)cc1. The van der Waals surface area contributed by atoms with Gasteiger partial charge in [0.25, 0.3) is 5.69 Å². The summed E-state index contributed by atoms with van der Waals surface area (Å²) in [6.07, 6.45) is 0.996. The predicted molar refractivity (Wildman–Crippen MR) is 106 cm³/mol. The Morgan fingerprint density at radius 2 is 1.79 bits per heavy atom. The van der Waals surface area contributed by atoms with E-state index in [-0.39, 0.29) is 29.7 Å². The second kappa shape index (κ2) is 7.50. The largest absolute Gasteiger partial charge is 0.497 e. The molecule has 2 aromatic carbocycles. The van der Waals surface area contributed by atoms with Gasteiger partial charge < -0.3 is 10.1 Å². The zero-order valence-corrected chi connectivity index (χ0v) is 15.9. The van der Waals surface area contributed by atoms with Crippen molar-refractivity contribution < 1.29 is 19.2 Å². The molecular formula is C22H20N2O5. The van der Waals surface area contributed by atoms with Crippen LogP contribution in [0.1, 0.15) is 42.2 Å². The number of nitrogens with one attached hydrogen (secondary N) is 1. The number of carbonyl (C=O) groups is 2. The topological polar surface area (TPSA) is 98.5 Å². The first-order valence-electron chi connectivity index (χ1n) is 9.40. The second-order valence-electron chi connectivity index (χ2n) is 7.35. The molecule has 1 amide bonds. The molecule has 0 fully saturated rings. The first kappa shape index (κ1) is 18.9. The molecule has 7 nitrogen and oxygen atoms in total. The minimum atomic E-state index is -0.468. The Kier molecular flexibility index (Phi) is 4.88. The van der Waals surface area contributed by atoms with Gasteiger partial charge in [0, 0.05) is 42.2 Å². The number of nitrogens with zero attached hydrogens (tertiary/aromatic N) is 1. The van der Waals surface area contributed by atoms with Crippen molar-refractivity contribution in [2.45, 2.75) is 31.1 Å². The van der Waals surface area contributed by atoms with E-state index in [1.54, 1.807) is 19.2 Å². The van der Waals surface area contributed by atoms with E-state index >= 15 is 0 Å². The normalized spacial score (nSPS) is 21.4. The van der Waals surface area contributed by atoms with E-state index in [0.29, 0.717) is 29.7 Å². The van der Waals surface area contributed by atoms with E-state index in [0.717, 1.165) is 11.3 Å². The van der Waals surface area contributed by atoms with Crippen molar-refractivity contribution in [2.24, 2.45) is 0 Å². The highest BCUT2D eigenvalue weighted by molar-refractivity contribution is 6.02. The zero-order chi connectivity index (χ0) is 20.5. The number of benzene rings is 2. The minimum Gasteiger partial charge on any atom is -0.497 e. The Morgan fingerprint density at radius 1 is 1.03 bits per heavy atom. The third kappa shape index (κ3) is 3.63. The van der Waals surface area contributed by atoms with Gasteiger partial charge in [0.05, 0.1) is 12.0 Å². The van der Waals surface area contributed by atoms with Crippen LogP contribution in [0.2, 0.25) is 0 Å². The lowest BCUT2D eigenvalue weighted by molar-refractivity contribution is -0.384. The molecule has 1 aliphatic carbocycles. The Balaban J connectivity index is 1.69.